The Hall–Kier alpha value is -1.82. The Labute approximate surface area is 118 Å². The van der Waals surface area contributed by atoms with E-state index in [-0.39, 0.29) is 5.75 Å². The van der Waals surface area contributed by atoms with Crippen molar-refractivity contribution in [1.82, 2.24) is 10.7 Å². The van der Waals surface area contributed by atoms with Crippen molar-refractivity contribution in [3.8, 4) is 11.5 Å². The third-order valence-electron chi connectivity index (χ3n) is 2.40. The summed E-state index contributed by atoms with van der Waals surface area (Å²) in [6, 6.07) is 5.03. The average molecular weight is 281 g/mol. The molecule has 0 amide bonds. The van der Waals surface area contributed by atoms with Gasteiger partial charge >= 0.3 is 0 Å². The molecule has 1 aromatic carbocycles. The monoisotopic (exact) mass is 281 g/mol. The van der Waals surface area contributed by atoms with Gasteiger partial charge in [-0.2, -0.15) is 5.10 Å². The Morgan fingerprint density at radius 2 is 2.32 bits per heavy atom. The van der Waals surface area contributed by atoms with E-state index in [2.05, 4.69) is 22.8 Å². The zero-order valence-corrected chi connectivity index (χ0v) is 12.0. The van der Waals surface area contributed by atoms with E-state index in [0.717, 1.165) is 24.9 Å². The number of hydrogen-bond acceptors (Lipinski definition) is 4. The van der Waals surface area contributed by atoms with Gasteiger partial charge in [0.25, 0.3) is 0 Å². The second-order valence-corrected chi connectivity index (χ2v) is 4.32. The van der Waals surface area contributed by atoms with Crippen LogP contribution in [0.2, 0.25) is 0 Å². The molecule has 0 bridgehead atoms. The number of thiocarbonyl (C=S) groups is 1. The molecule has 0 heterocycles. The van der Waals surface area contributed by atoms with Crippen molar-refractivity contribution in [2.45, 2.75) is 19.8 Å². The minimum Gasteiger partial charge on any atom is -0.504 e. The van der Waals surface area contributed by atoms with Gasteiger partial charge in [-0.25, -0.2) is 0 Å². The highest BCUT2D eigenvalue weighted by atomic mass is 32.1. The molecule has 0 atom stereocenters. The van der Waals surface area contributed by atoms with Crippen LogP contribution in [0, 0.1) is 0 Å². The zero-order chi connectivity index (χ0) is 14.1. The number of nitrogens with one attached hydrogen (secondary N) is 2. The molecule has 0 spiro atoms. The van der Waals surface area contributed by atoms with Crippen molar-refractivity contribution >= 4 is 23.5 Å². The van der Waals surface area contributed by atoms with E-state index in [1.807, 2.05) is 0 Å². The van der Waals surface area contributed by atoms with Gasteiger partial charge in [-0.05, 0) is 42.4 Å². The van der Waals surface area contributed by atoms with Gasteiger partial charge in [-0.3, -0.25) is 5.43 Å². The summed E-state index contributed by atoms with van der Waals surface area (Å²) in [7, 11) is 1.50. The first-order valence-corrected chi connectivity index (χ1v) is 6.52. The molecule has 0 aromatic heterocycles. The fourth-order valence-corrected chi connectivity index (χ4v) is 1.53. The van der Waals surface area contributed by atoms with Gasteiger partial charge < -0.3 is 15.2 Å². The largest absolute Gasteiger partial charge is 0.504 e. The van der Waals surface area contributed by atoms with Crippen LogP contribution in [-0.2, 0) is 0 Å². The van der Waals surface area contributed by atoms with Crippen LogP contribution >= 0.6 is 12.2 Å². The van der Waals surface area contributed by atoms with Crippen LogP contribution in [0.1, 0.15) is 25.3 Å². The minimum absolute atomic E-state index is 0.0788. The van der Waals surface area contributed by atoms with Crippen molar-refractivity contribution in [2.75, 3.05) is 13.7 Å². The Bertz CT molecular complexity index is 450. The van der Waals surface area contributed by atoms with Gasteiger partial charge in [0, 0.05) is 6.54 Å². The normalized spacial score (nSPS) is 10.4. The topological polar surface area (TPSA) is 65.9 Å². The lowest BCUT2D eigenvalue weighted by atomic mass is 10.2. The maximum Gasteiger partial charge on any atom is 0.186 e. The number of aromatic hydroxyl groups is 1. The van der Waals surface area contributed by atoms with E-state index in [0.29, 0.717) is 10.9 Å². The van der Waals surface area contributed by atoms with Crippen LogP contribution in [0.3, 0.4) is 0 Å². The summed E-state index contributed by atoms with van der Waals surface area (Å²) < 4.78 is 4.96. The molecule has 104 valence electrons. The van der Waals surface area contributed by atoms with E-state index >= 15 is 0 Å². The Morgan fingerprint density at radius 1 is 1.53 bits per heavy atom. The number of unbranched alkanes of at least 4 members (excludes halogenated alkanes) is 1. The molecule has 3 N–H and O–H groups in total. The van der Waals surface area contributed by atoms with Crippen LogP contribution in [0.15, 0.2) is 23.3 Å². The predicted octanol–water partition coefficient (Wildman–Crippen LogP) is 2.00. The molecule has 0 aliphatic rings. The third-order valence-corrected chi connectivity index (χ3v) is 2.63. The third kappa shape index (κ3) is 5.56. The van der Waals surface area contributed by atoms with E-state index in [4.69, 9.17) is 17.0 Å². The van der Waals surface area contributed by atoms with Crippen molar-refractivity contribution in [2.24, 2.45) is 5.10 Å². The molecule has 0 unspecified atom stereocenters. The average Bonchev–Trinajstić information content (AvgIpc) is 2.39. The summed E-state index contributed by atoms with van der Waals surface area (Å²) in [6.45, 7) is 2.95. The second-order valence-electron chi connectivity index (χ2n) is 3.91. The molecular formula is C13H19N3O2S. The van der Waals surface area contributed by atoms with Gasteiger partial charge in [-0.1, -0.05) is 13.3 Å². The lowest BCUT2D eigenvalue weighted by Gasteiger charge is -2.05. The molecule has 0 saturated carbocycles. The van der Waals surface area contributed by atoms with E-state index in [9.17, 15) is 5.11 Å². The SMILES string of the molecule is CCCCNC(=S)N/N=C\c1ccc(OC)c(O)c1. The lowest BCUT2D eigenvalue weighted by Crippen LogP contribution is -2.32. The van der Waals surface area contributed by atoms with Crippen LogP contribution in [0.5, 0.6) is 11.5 Å². The fourth-order valence-electron chi connectivity index (χ4n) is 1.37. The number of benzene rings is 1. The maximum absolute atomic E-state index is 9.60. The van der Waals surface area contributed by atoms with Crippen LogP contribution in [-0.4, -0.2) is 30.1 Å². The maximum atomic E-state index is 9.60. The molecule has 0 radical (unpaired) electrons. The van der Waals surface area contributed by atoms with Crippen LogP contribution in [0.4, 0.5) is 0 Å². The van der Waals surface area contributed by atoms with E-state index < -0.39 is 0 Å². The highest BCUT2D eigenvalue weighted by molar-refractivity contribution is 7.80. The predicted molar refractivity (Wildman–Crippen MR) is 80.9 cm³/mol. The smallest absolute Gasteiger partial charge is 0.186 e. The first-order chi connectivity index (χ1) is 9.17. The molecule has 5 nitrogen and oxygen atoms in total. The summed E-state index contributed by atoms with van der Waals surface area (Å²) in [5.41, 5.74) is 3.47. The molecule has 0 saturated heterocycles. The van der Waals surface area contributed by atoms with Crippen molar-refractivity contribution < 1.29 is 9.84 Å². The number of rotatable bonds is 6. The summed E-state index contributed by atoms with van der Waals surface area (Å²) in [5.74, 6) is 0.511. The number of ether oxygens (including phenoxy) is 1. The molecule has 0 aliphatic heterocycles. The number of methoxy groups -OCH3 is 1. The van der Waals surface area contributed by atoms with Gasteiger partial charge in [0.05, 0.1) is 13.3 Å². The Balaban J connectivity index is 2.44. The van der Waals surface area contributed by atoms with Gasteiger partial charge in [0.1, 0.15) is 0 Å². The first-order valence-electron chi connectivity index (χ1n) is 6.11. The quantitative estimate of drug-likeness (QED) is 0.322. The second kappa shape index (κ2) is 8.31. The molecular weight excluding hydrogens is 262 g/mol. The number of phenols is 1. The number of hydrogen-bond donors (Lipinski definition) is 3. The van der Waals surface area contributed by atoms with Gasteiger partial charge in [0.15, 0.2) is 16.6 Å². The standard InChI is InChI=1S/C13H19N3O2S/c1-3-4-7-14-13(19)16-15-9-10-5-6-12(18-2)11(17)8-10/h5-6,8-9,17H,3-4,7H2,1-2H3,(H2,14,16,19)/b15-9-. The summed E-state index contributed by atoms with van der Waals surface area (Å²) in [4.78, 5) is 0. The molecule has 1 aromatic rings. The fraction of sp³-hybridized carbons (Fsp3) is 0.385. The molecule has 0 aliphatic carbocycles. The lowest BCUT2D eigenvalue weighted by molar-refractivity contribution is 0.373. The molecule has 19 heavy (non-hydrogen) atoms. The van der Waals surface area contributed by atoms with Crippen LogP contribution in [0.25, 0.3) is 0 Å². The minimum atomic E-state index is 0.0788. The first kappa shape index (κ1) is 15.2. The number of nitrogens with zero attached hydrogens (tertiary/aromatic N) is 1. The van der Waals surface area contributed by atoms with Crippen LogP contribution < -0.4 is 15.5 Å². The Kier molecular flexibility index (Phi) is 6.67. The zero-order valence-electron chi connectivity index (χ0n) is 11.1. The number of phenolic OH excluding ortho intramolecular Hbond substituents is 1. The van der Waals surface area contributed by atoms with Crippen molar-refractivity contribution in [1.29, 1.82) is 0 Å². The molecule has 0 fully saturated rings. The summed E-state index contributed by atoms with van der Waals surface area (Å²) in [5, 5.41) is 17.1. The summed E-state index contributed by atoms with van der Waals surface area (Å²) >= 11 is 5.04. The van der Waals surface area contributed by atoms with Crippen molar-refractivity contribution in [3.63, 3.8) is 0 Å². The molecule has 1 rings (SSSR count). The van der Waals surface area contributed by atoms with E-state index in [1.54, 1.807) is 24.4 Å². The van der Waals surface area contributed by atoms with Gasteiger partial charge in [0.2, 0.25) is 0 Å². The van der Waals surface area contributed by atoms with Crippen molar-refractivity contribution in [3.05, 3.63) is 23.8 Å². The highest BCUT2D eigenvalue weighted by Crippen LogP contribution is 2.25. The Morgan fingerprint density at radius 3 is 2.95 bits per heavy atom. The van der Waals surface area contributed by atoms with Gasteiger partial charge in [-0.15, -0.1) is 0 Å². The summed E-state index contributed by atoms with van der Waals surface area (Å²) in [6.07, 6.45) is 3.76. The number of hydrazone groups is 1. The van der Waals surface area contributed by atoms with E-state index in [1.165, 1.54) is 7.11 Å². The highest BCUT2D eigenvalue weighted by Gasteiger charge is 2.00. The molecule has 6 heteroatoms.